The molecular formula is C14H15N5O2S. The summed E-state index contributed by atoms with van der Waals surface area (Å²) >= 11 is 1.44. The van der Waals surface area contributed by atoms with Gasteiger partial charge in [0.05, 0.1) is 6.61 Å². The van der Waals surface area contributed by atoms with Gasteiger partial charge in [0.15, 0.2) is 0 Å². The highest BCUT2D eigenvalue weighted by molar-refractivity contribution is 7.16. The maximum atomic E-state index is 11.9. The summed E-state index contributed by atoms with van der Waals surface area (Å²) in [5.74, 6) is 0.746. The Hall–Kier alpha value is -2.48. The summed E-state index contributed by atoms with van der Waals surface area (Å²) in [6, 6.07) is 7.32. The first kappa shape index (κ1) is 14.5. The molecule has 3 aromatic rings. The molecule has 0 spiro atoms. The molecular weight excluding hydrogens is 302 g/mol. The van der Waals surface area contributed by atoms with Gasteiger partial charge in [0.25, 0.3) is 0 Å². The molecule has 1 amide bonds. The molecule has 1 N–H and O–H groups in total. The van der Waals surface area contributed by atoms with E-state index in [0.717, 1.165) is 21.4 Å². The number of hydrogen-bond donors (Lipinski definition) is 1. The SMILES string of the molecule is CCOc1ccc(NC(=O)CCc2nn3cnnc3s2)cc1. The molecule has 0 unspecified atom stereocenters. The molecule has 0 radical (unpaired) electrons. The van der Waals surface area contributed by atoms with Crippen molar-refractivity contribution in [1.82, 2.24) is 19.8 Å². The minimum absolute atomic E-state index is 0.0462. The standard InChI is InChI=1S/C14H15N5O2S/c1-2-21-11-5-3-10(4-6-11)16-12(20)7-8-13-18-19-9-15-17-14(19)22-13/h3-6,9H,2,7-8H2,1H3,(H,16,20). The van der Waals surface area contributed by atoms with E-state index >= 15 is 0 Å². The van der Waals surface area contributed by atoms with E-state index in [0.29, 0.717) is 19.4 Å². The third-order valence-electron chi connectivity index (χ3n) is 2.94. The van der Waals surface area contributed by atoms with Crippen LogP contribution in [0.2, 0.25) is 0 Å². The van der Waals surface area contributed by atoms with Crippen molar-refractivity contribution in [2.75, 3.05) is 11.9 Å². The van der Waals surface area contributed by atoms with Gasteiger partial charge in [0.1, 0.15) is 17.1 Å². The summed E-state index contributed by atoms with van der Waals surface area (Å²) in [4.78, 5) is 12.7. The monoisotopic (exact) mass is 317 g/mol. The number of aryl methyl sites for hydroxylation is 1. The maximum absolute atomic E-state index is 11.9. The van der Waals surface area contributed by atoms with Crippen molar-refractivity contribution in [2.24, 2.45) is 0 Å². The minimum atomic E-state index is -0.0462. The average Bonchev–Trinajstić information content (AvgIpc) is 3.08. The summed E-state index contributed by atoms with van der Waals surface area (Å²) in [5.41, 5.74) is 0.756. The number of nitrogens with one attached hydrogen (secondary N) is 1. The zero-order valence-electron chi connectivity index (χ0n) is 12.0. The summed E-state index contributed by atoms with van der Waals surface area (Å²) in [5, 5.41) is 15.7. The van der Waals surface area contributed by atoms with Crippen LogP contribution in [-0.4, -0.2) is 32.3 Å². The number of rotatable bonds is 6. The molecule has 2 heterocycles. The lowest BCUT2D eigenvalue weighted by atomic mass is 10.2. The minimum Gasteiger partial charge on any atom is -0.494 e. The van der Waals surface area contributed by atoms with Gasteiger partial charge in [-0.05, 0) is 31.2 Å². The van der Waals surface area contributed by atoms with Crippen LogP contribution >= 0.6 is 11.3 Å². The number of carbonyl (C=O) groups excluding carboxylic acids is 1. The van der Waals surface area contributed by atoms with Crippen molar-refractivity contribution < 1.29 is 9.53 Å². The van der Waals surface area contributed by atoms with E-state index in [-0.39, 0.29) is 5.91 Å². The fourth-order valence-corrected chi connectivity index (χ4v) is 2.76. The topological polar surface area (TPSA) is 81.4 Å². The molecule has 3 rings (SSSR count). The molecule has 0 aliphatic carbocycles. The first-order chi connectivity index (χ1) is 10.7. The van der Waals surface area contributed by atoms with Crippen LogP contribution in [0.1, 0.15) is 18.4 Å². The number of hydrogen-bond acceptors (Lipinski definition) is 6. The van der Waals surface area contributed by atoms with E-state index in [9.17, 15) is 4.79 Å². The Kier molecular flexibility index (Phi) is 4.29. The zero-order chi connectivity index (χ0) is 15.4. The van der Waals surface area contributed by atoms with Crippen LogP contribution in [0, 0.1) is 0 Å². The highest BCUT2D eigenvalue weighted by Gasteiger charge is 2.08. The molecule has 0 saturated heterocycles. The van der Waals surface area contributed by atoms with Gasteiger partial charge in [-0.2, -0.15) is 9.61 Å². The molecule has 0 aliphatic heterocycles. The van der Waals surface area contributed by atoms with Gasteiger partial charge in [-0.15, -0.1) is 10.2 Å². The third kappa shape index (κ3) is 3.40. The maximum Gasteiger partial charge on any atom is 0.234 e. The number of benzene rings is 1. The Labute approximate surface area is 130 Å². The molecule has 114 valence electrons. The van der Waals surface area contributed by atoms with E-state index in [4.69, 9.17) is 4.74 Å². The lowest BCUT2D eigenvalue weighted by molar-refractivity contribution is -0.116. The predicted molar refractivity (Wildman–Crippen MR) is 83.2 cm³/mol. The summed E-state index contributed by atoms with van der Waals surface area (Å²) in [6.45, 7) is 2.56. The van der Waals surface area contributed by atoms with Gasteiger partial charge in [0.2, 0.25) is 10.9 Å². The molecule has 0 atom stereocenters. The third-order valence-corrected chi connectivity index (χ3v) is 3.92. The zero-order valence-corrected chi connectivity index (χ0v) is 12.8. The van der Waals surface area contributed by atoms with Crippen molar-refractivity contribution in [1.29, 1.82) is 0 Å². The second-order valence-corrected chi connectivity index (χ2v) is 5.60. The van der Waals surface area contributed by atoms with Gasteiger partial charge < -0.3 is 10.1 Å². The molecule has 8 heteroatoms. The number of anilines is 1. The second-order valence-electron chi connectivity index (χ2n) is 4.56. The first-order valence-corrected chi connectivity index (χ1v) is 7.74. The van der Waals surface area contributed by atoms with Crippen molar-refractivity contribution in [3.63, 3.8) is 0 Å². The fraction of sp³-hybridized carbons (Fsp3) is 0.286. The molecule has 7 nitrogen and oxygen atoms in total. The smallest absolute Gasteiger partial charge is 0.234 e. The lowest BCUT2D eigenvalue weighted by Crippen LogP contribution is -2.12. The highest BCUT2D eigenvalue weighted by Crippen LogP contribution is 2.17. The summed E-state index contributed by atoms with van der Waals surface area (Å²) < 4.78 is 6.97. The van der Waals surface area contributed by atoms with Crippen molar-refractivity contribution in [3.8, 4) is 5.75 Å². The highest BCUT2D eigenvalue weighted by atomic mass is 32.1. The number of carbonyl (C=O) groups is 1. The fourth-order valence-electron chi connectivity index (χ4n) is 1.95. The normalized spacial score (nSPS) is 10.8. The molecule has 22 heavy (non-hydrogen) atoms. The number of ether oxygens (including phenoxy) is 1. The Morgan fingerprint density at radius 1 is 1.36 bits per heavy atom. The molecule has 2 aromatic heterocycles. The largest absolute Gasteiger partial charge is 0.494 e. The van der Waals surface area contributed by atoms with E-state index in [1.165, 1.54) is 11.3 Å². The Balaban J connectivity index is 1.52. The summed E-state index contributed by atoms with van der Waals surface area (Å²) in [6.07, 6.45) is 2.50. The quantitative estimate of drug-likeness (QED) is 0.753. The van der Waals surface area contributed by atoms with Gasteiger partial charge in [0, 0.05) is 18.5 Å². The number of nitrogens with zero attached hydrogens (tertiary/aromatic N) is 4. The number of fused-ring (bicyclic) bond motifs is 1. The van der Waals surface area contributed by atoms with Crippen LogP contribution in [-0.2, 0) is 11.2 Å². The van der Waals surface area contributed by atoms with E-state index in [1.807, 2.05) is 31.2 Å². The lowest BCUT2D eigenvalue weighted by Gasteiger charge is -2.06. The van der Waals surface area contributed by atoms with Crippen LogP contribution in [0.5, 0.6) is 5.75 Å². The molecule has 0 saturated carbocycles. The van der Waals surface area contributed by atoms with E-state index in [1.54, 1.807) is 10.8 Å². The van der Waals surface area contributed by atoms with Crippen molar-refractivity contribution >= 4 is 27.9 Å². The Bertz CT molecular complexity index is 736. The summed E-state index contributed by atoms with van der Waals surface area (Å²) in [7, 11) is 0. The van der Waals surface area contributed by atoms with E-state index in [2.05, 4.69) is 20.6 Å². The molecule has 0 fully saturated rings. The van der Waals surface area contributed by atoms with Gasteiger partial charge in [-0.25, -0.2) is 0 Å². The molecule has 0 aliphatic rings. The Morgan fingerprint density at radius 2 is 2.18 bits per heavy atom. The van der Waals surface area contributed by atoms with Gasteiger partial charge in [-0.1, -0.05) is 11.3 Å². The molecule has 0 bridgehead atoms. The second kappa shape index (κ2) is 6.52. The van der Waals surface area contributed by atoms with Crippen LogP contribution in [0.3, 0.4) is 0 Å². The molecule has 1 aromatic carbocycles. The van der Waals surface area contributed by atoms with Crippen LogP contribution < -0.4 is 10.1 Å². The van der Waals surface area contributed by atoms with Crippen LogP contribution in [0.25, 0.3) is 4.96 Å². The predicted octanol–water partition coefficient (Wildman–Crippen LogP) is 2.16. The van der Waals surface area contributed by atoms with Crippen molar-refractivity contribution in [3.05, 3.63) is 35.6 Å². The van der Waals surface area contributed by atoms with Crippen LogP contribution in [0.4, 0.5) is 5.69 Å². The number of aromatic nitrogens is 4. The van der Waals surface area contributed by atoms with Gasteiger partial charge >= 0.3 is 0 Å². The van der Waals surface area contributed by atoms with Crippen LogP contribution in [0.15, 0.2) is 30.6 Å². The van der Waals surface area contributed by atoms with E-state index < -0.39 is 0 Å². The number of amides is 1. The Morgan fingerprint density at radius 3 is 2.91 bits per heavy atom. The first-order valence-electron chi connectivity index (χ1n) is 6.93. The average molecular weight is 317 g/mol. The van der Waals surface area contributed by atoms with Gasteiger partial charge in [-0.3, -0.25) is 4.79 Å². The van der Waals surface area contributed by atoms with Crippen molar-refractivity contribution in [2.45, 2.75) is 19.8 Å².